The quantitative estimate of drug-likeness (QED) is 0.869. The molecule has 3 atom stereocenters. The molecule has 2 aliphatic rings. The summed E-state index contributed by atoms with van der Waals surface area (Å²) in [6.07, 6.45) is 6.18. The molecule has 1 aliphatic carbocycles. The van der Waals surface area contributed by atoms with Crippen molar-refractivity contribution in [2.45, 2.75) is 30.2 Å². The smallest absolute Gasteiger partial charge is 0.244 e. The molecule has 2 N–H and O–H groups in total. The van der Waals surface area contributed by atoms with Crippen molar-refractivity contribution < 1.29 is 8.42 Å². The Morgan fingerprint density at radius 3 is 2.80 bits per heavy atom. The summed E-state index contributed by atoms with van der Waals surface area (Å²) in [5.74, 6) is 0.715. The molecule has 0 amide bonds. The van der Waals surface area contributed by atoms with Gasteiger partial charge in [-0.25, -0.2) is 8.42 Å². The Balaban J connectivity index is 1.86. The van der Waals surface area contributed by atoms with Gasteiger partial charge in [0.15, 0.2) is 0 Å². The van der Waals surface area contributed by atoms with E-state index in [1.165, 1.54) is 6.20 Å². The maximum Gasteiger partial charge on any atom is 0.244 e. The van der Waals surface area contributed by atoms with E-state index >= 15 is 0 Å². The Kier molecular flexibility index (Phi) is 3.87. The van der Waals surface area contributed by atoms with Crippen LogP contribution in [0.25, 0.3) is 0 Å². The van der Waals surface area contributed by atoms with Crippen LogP contribution in [0.4, 0.5) is 0 Å². The van der Waals surface area contributed by atoms with E-state index < -0.39 is 10.0 Å². The lowest BCUT2D eigenvalue weighted by atomic mass is 9.78. The highest BCUT2D eigenvalue weighted by Gasteiger charge is 2.43. The first-order valence-corrected chi connectivity index (χ1v) is 9.08. The maximum absolute atomic E-state index is 12.7. The first-order chi connectivity index (χ1) is 9.48. The molecule has 1 aromatic rings. The van der Waals surface area contributed by atoms with Crippen LogP contribution in [0.1, 0.15) is 19.3 Å². The molecule has 0 bridgehead atoms. The van der Waals surface area contributed by atoms with Gasteiger partial charge < -0.3 is 5.73 Å². The number of hydrogen-bond acceptors (Lipinski definition) is 4. The Hall–Kier alpha value is -0.500. The first-order valence-electron chi connectivity index (χ1n) is 6.85. The second kappa shape index (κ2) is 5.36. The molecule has 2 fully saturated rings. The Morgan fingerprint density at radius 1 is 1.30 bits per heavy atom. The minimum absolute atomic E-state index is 0.134. The van der Waals surface area contributed by atoms with Crippen LogP contribution in [0.15, 0.2) is 27.8 Å². The lowest BCUT2D eigenvalue weighted by Crippen LogP contribution is -2.38. The zero-order valence-electron chi connectivity index (χ0n) is 11.1. The molecule has 0 spiro atoms. The molecule has 1 aliphatic heterocycles. The van der Waals surface area contributed by atoms with Crippen molar-refractivity contribution in [1.82, 2.24) is 9.29 Å². The molecular weight excluding hydrogens is 342 g/mol. The van der Waals surface area contributed by atoms with Crippen LogP contribution >= 0.6 is 15.9 Å². The predicted octanol–water partition coefficient (Wildman–Crippen LogP) is 1.59. The highest BCUT2D eigenvalue weighted by atomic mass is 79.9. The molecule has 0 aromatic carbocycles. The molecule has 0 radical (unpaired) electrons. The fourth-order valence-electron chi connectivity index (χ4n) is 3.35. The SMILES string of the molecule is NC1CCCC2CN(S(=O)(=O)c3cncc(Br)c3)CC12. The molecule has 7 heteroatoms. The number of hydrogen-bond donors (Lipinski definition) is 1. The molecule has 2 heterocycles. The number of nitrogens with zero attached hydrogens (tertiary/aromatic N) is 2. The van der Waals surface area contributed by atoms with Crippen LogP contribution in [0.2, 0.25) is 0 Å². The lowest BCUT2D eigenvalue weighted by Gasteiger charge is -2.29. The fourth-order valence-corrected chi connectivity index (χ4v) is 5.40. The predicted molar refractivity (Wildman–Crippen MR) is 79.5 cm³/mol. The van der Waals surface area contributed by atoms with Crippen LogP contribution in [0.5, 0.6) is 0 Å². The summed E-state index contributed by atoms with van der Waals surface area (Å²) >= 11 is 3.27. The third-order valence-corrected chi connectivity index (χ3v) is 6.67. The van der Waals surface area contributed by atoms with Crippen LogP contribution in [0.3, 0.4) is 0 Å². The van der Waals surface area contributed by atoms with Crippen molar-refractivity contribution in [2.75, 3.05) is 13.1 Å². The van der Waals surface area contributed by atoms with Crippen molar-refractivity contribution in [3.05, 3.63) is 22.9 Å². The number of pyridine rings is 1. The van der Waals surface area contributed by atoms with E-state index in [1.807, 2.05) is 0 Å². The minimum Gasteiger partial charge on any atom is -0.327 e. The first kappa shape index (κ1) is 14.4. The molecule has 5 nitrogen and oxygen atoms in total. The summed E-state index contributed by atoms with van der Waals surface area (Å²) in [6, 6.07) is 1.74. The average molecular weight is 360 g/mol. The van der Waals surface area contributed by atoms with Crippen LogP contribution in [0, 0.1) is 11.8 Å². The van der Waals surface area contributed by atoms with Gasteiger partial charge in [-0.1, -0.05) is 6.42 Å². The van der Waals surface area contributed by atoms with Crippen molar-refractivity contribution in [1.29, 1.82) is 0 Å². The third kappa shape index (κ3) is 2.52. The van der Waals surface area contributed by atoms with Crippen molar-refractivity contribution in [3.8, 4) is 0 Å². The second-order valence-electron chi connectivity index (χ2n) is 5.68. The van der Waals surface area contributed by atoms with Crippen LogP contribution < -0.4 is 5.73 Å². The number of halogens is 1. The van der Waals surface area contributed by atoms with E-state index in [0.29, 0.717) is 29.4 Å². The highest BCUT2D eigenvalue weighted by Crippen LogP contribution is 2.37. The number of fused-ring (bicyclic) bond motifs is 1. The van der Waals surface area contributed by atoms with Gasteiger partial charge in [0.1, 0.15) is 4.90 Å². The van der Waals surface area contributed by atoms with Crippen molar-refractivity contribution in [2.24, 2.45) is 17.6 Å². The van der Waals surface area contributed by atoms with Gasteiger partial charge in [0, 0.05) is 36.0 Å². The zero-order valence-corrected chi connectivity index (χ0v) is 13.5. The van der Waals surface area contributed by atoms with Gasteiger partial charge in [-0.2, -0.15) is 4.31 Å². The average Bonchev–Trinajstić information content (AvgIpc) is 2.85. The topological polar surface area (TPSA) is 76.3 Å². The molecule has 20 heavy (non-hydrogen) atoms. The number of nitrogens with two attached hydrogens (primary N) is 1. The summed E-state index contributed by atoms with van der Waals surface area (Å²) < 4.78 is 27.6. The van der Waals surface area contributed by atoms with Gasteiger partial charge in [0.2, 0.25) is 10.0 Å². The summed E-state index contributed by atoms with van der Waals surface area (Å²) in [5, 5.41) is 0. The van der Waals surface area contributed by atoms with E-state index in [0.717, 1.165) is 19.3 Å². The van der Waals surface area contributed by atoms with Crippen LogP contribution in [-0.2, 0) is 10.0 Å². The number of rotatable bonds is 2. The Labute approximate surface area is 127 Å². The van der Waals surface area contributed by atoms with E-state index in [-0.39, 0.29) is 10.9 Å². The molecule has 110 valence electrons. The summed E-state index contributed by atoms with van der Waals surface area (Å²) in [4.78, 5) is 4.20. The second-order valence-corrected chi connectivity index (χ2v) is 8.53. The van der Waals surface area contributed by atoms with Crippen LogP contribution in [-0.4, -0.2) is 36.8 Å². The number of aromatic nitrogens is 1. The molecule has 3 unspecified atom stereocenters. The van der Waals surface area contributed by atoms with E-state index in [2.05, 4.69) is 20.9 Å². The van der Waals surface area contributed by atoms with Gasteiger partial charge in [0.05, 0.1) is 0 Å². The van der Waals surface area contributed by atoms with E-state index in [4.69, 9.17) is 5.73 Å². The molecule has 1 aromatic heterocycles. The highest BCUT2D eigenvalue weighted by molar-refractivity contribution is 9.10. The Bertz CT molecular complexity index is 607. The molecular formula is C13H18BrN3O2S. The zero-order chi connectivity index (χ0) is 14.3. The van der Waals surface area contributed by atoms with E-state index in [9.17, 15) is 8.42 Å². The van der Waals surface area contributed by atoms with Gasteiger partial charge in [0.25, 0.3) is 0 Å². The summed E-state index contributed by atoms with van der Waals surface area (Å²) in [6.45, 7) is 1.13. The summed E-state index contributed by atoms with van der Waals surface area (Å²) in [7, 11) is -3.46. The fraction of sp³-hybridized carbons (Fsp3) is 0.615. The summed E-state index contributed by atoms with van der Waals surface area (Å²) in [5.41, 5.74) is 6.15. The Morgan fingerprint density at radius 2 is 2.10 bits per heavy atom. The lowest BCUT2D eigenvalue weighted by molar-refractivity contribution is 0.260. The van der Waals surface area contributed by atoms with Crippen molar-refractivity contribution >= 4 is 26.0 Å². The van der Waals surface area contributed by atoms with Gasteiger partial charge >= 0.3 is 0 Å². The standard InChI is InChI=1S/C13H18BrN3O2S/c14-10-4-11(6-16-5-10)20(18,19)17-7-9-2-1-3-13(15)12(9)8-17/h4-6,9,12-13H,1-3,7-8,15H2. The monoisotopic (exact) mass is 359 g/mol. The van der Waals surface area contributed by atoms with Gasteiger partial charge in [-0.15, -0.1) is 0 Å². The molecule has 1 saturated carbocycles. The van der Waals surface area contributed by atoms with E-state index in [1.54, 1.807) is 16.6 Å². The normalized spacial score (nSPS) is 31.2. The van der Waals surface area contributed by atoms with Crippen molar-refractivity contribution in [3.63, 3.8) is 0 Å². The van der Waals surface area contributed by atoms with Gasteiger partial charge in [-0.3, -0.25) is 4.98 Å². The molecule has 1 saturated heterocycles. The third-order valence-electron chi connectivity index (χ3n) is 4.44. The maximum atomic E-state index is 12.7. The largest absolute Gasteiger partial charge is 0.327 e. The number of sulfonamides is 1. The molecule has 3 rings (SSSR count). The minimum atomic E-state index is -3.46. The van der Waals surface area contributed by atoms with Gasteiger partial charge in [-0.05, 0) is 46.7 Å².